The Morgan fingerprint density at radius 2 is 1.60 bits per heavy atom. The van der Waals surface area contributed by atoms with Crippen LogP contribution >= 0.6 is 0 Å². The second-order valence-electron chi connectivity index (χ2n) is 4.68. The van der Waals surface area contributed by atoms with Gasteiger partial charge in [0.15, 0.2) is 0 Å². The zero-order valence-electron chi connectivity index (χ0n) is 11.4. The normalized spacial score (nSPS) is 11.1. The second-order valence-corrected chi connectivity index (χ2v) is 4.68. The Kier molecular flexibility index (Phi) is 3.46. The molecule has 0 saturated heterocycles. The van der Waals surface area contributed by atoms with Crippen molar-refractivity contribution in [2.75, 3.05) is 0 Å². The van der Waals surface area contributed by atoms with Gasteiger partial charge in [-0.05, 0) is 42.8 Å². The lowest BCUT2D eigenvalue weighted by molar-refractivity contribution is 1.07. The summed E-state index contributed by atoms with van der Waals surface area (Å²) in [5, 5.41) is 0. The lowest BCUT2D eigenvalue weighted by Crippen LogP contribution is -1.97. The van der Waals surface area contributed by atoms with E-state index in [1.54, 1.807) is 0 Å². The fraction of sp³-hybridized carbons (Fsp3) is 0.0556. The molecule has 0 aliphatic carbocycles. The predicted octanol–water partition coefficient (Wildman–Crippen LogP) is 4.54. The average Bonchev–Trinajstić information content (AvgIpc) is 2.96. The highest BCUT2D eigenvalue weighted by Crippen LogP contribution is 2.18. The summed E-state index contributed by atoms with van der Waals surface area (Å²) in [6.45, 7) is 2.07. The van der Waals surface area contributed by atoms with Crippen molar-refractivity contribution < 1.29 is 0 Å². The van der Waals surface area contributed by atoms with E-state index in [0.717, 1.165) is 17.1 Å². The lowest BCUT2D eigenvalue weighted by atomic mass is 10.2. The van der Waals surface area contributed by atoms with Crippen molar-refractivity contribution in [1.29, 1.82) is 0 Å². The lowest BCUT2D eigenvalue weighted by Gasteiger charge is -2.05. The van der Waals surface area contributed by atoms with Crippen LogP contribution in [-0.4, -0.2) is 10.8 Å². The van der Waals surface area contributed by atoms with Crippen LogP contribution in [-0.2, 0) is 0 Å². The second kappa shape index (κ2) is 5.57. The number of hydrogen-bond acceptors (Lipinski definition) is 1. The van der Waals surface area contributed by atoms with Gasteiger partial charge in [0, 0.05) is 11.9 Å². The third kappa shape index (κ3) is 2.54. The highest BCUT2D eigenvalue weighted by atomic mass is 15.0. The quantitative estimate of drug-likeness (QED) is 0.615. The van der Waals surface area contributed by atoms with Gasteiger partial charge >= 0.3 is 0 Å². The molecule has 0 fully saturated rings. The van der Waals surface area contributed by atoms with Gasteiger partial charge in [0.05, 0.1) is 17.6 Å². The number of hydrogen-bond donors (Lipinski definition) is 0. The van der Waals surface area contributed by atoms with Crippen molar-refractivity contribution in [2.24, 2.45) is 4.99 Å². The number of aliphatic imine (C=N–C) groups is 1. The molecule has 0 spiro atoms. The van der Waals surface area contributed by atoms with Gasteiger partial charge in [-0.3, -0.25) is 4.99 Å². The van der Waals surface area contributed by atoms with Gasteiger partial charge in [0.25, 0.3) is 0 Å². The maximum atomic E-state index is 4.59. The maximum Gasteiger partial charge on any atom is 0.0659 e. The van der Waals surface area contributed by atoms with Crippen molar-refractivity contribution >= 4 is 11.9 Å². The van der Waals surface area contributed by atoms with Gasteiger partial charge in [0.1, 0.15) is 0 Å². The molecule has 0 aliphatic heterocycles. The molecule has 0 unspecified atom stereocenters. The van der Waals surface area contributed by atoms with Crippen LogP contribution in [0.1, 0.15) is 11.3 Å². The summed E-state index contributed by atoms with van der Waals surface area (Å²) in [4.78, 5) is 4.59. The van der Waals surface area contributed by atoms with Gasteiger partial charge in [-0.25, -0.2) is 0 Å². The zero-order chi connectivity index (χ0) is 13.8. The average molecular weight is 260 g/mol. The highest BCUT2D eigenvalue weighted by molar-refractivity contribution is 5.81. The Labute approximate surface area is 119 Å². The molecule has 1 aromatic heterocycles. The van der Waals surface area contributed by atoms with E-state index in [-0.39, 0.29) is 0 Å². The topological polar surface area (TPSA) is 17.3 Å². The Morgan fingerprint density at radius 1 is 0.850 bits per heavy atom. The molecule has 20 heavy (non-hydrogen) atoms. The molecule has 0 bridgehead atoms. The van der Waals surface area contributed by atoms with E-state index in [9.17, 15) is 0 Å². The first-order chi connectivity index (χ1) is 9.84. The summed E-state index contributed by atoms with van der Waals surface area (Å²) < 4.78 is 2.13. The first kappa shape index (κ1) is 12.4. The standard InChI is InChI=1S/C18H16N2/c1-15-8-5-6-12-18(15)19-14-17-11-7-13-20(17)16-9-3-2-4-10-16/h2-14H,1H3. The molecular weight excluding hydrogens is 244 g/mol. The SMILES string of the molecule is Cc1ccccc1N=Cc1cccn1-c1ccccc1. The van der Waals surface area contributed by atoms with E-state index in [2.05, 4.69) is 46.9 Å². The monoisotopic (exact) mass is 260 g/mol. The van der Waals surface area contributed by atoms with Crippen molar-refractivity contribution in [2.45, 2.75) is 6.92 Å². The fourth-order valence-electron chi connectivity index (χ4n) is 2.17. The summed E-state index contributed by atoms with van der Waals surface area (Å²) in [5.41, 5.74) is 4.40. The molecule has 3 aromatic rings. The Morgan fingerprint density at radius 3 is 2.40 bits per heavy atom. The van der Waals surface area contributed by atoms with E-state index in [4.69, 9.17) is 0 Å². The van der Waals surface area contributed by atoms with Gasteiger partial charge in [-0.15, -0.1) is 0 Å². The largest absolute Gasteiger partial charge is 0.316 e. The summed E-state index contributed by atoms with van der Waals surface area (Å²) in [6.07, 6.45) is 3.96. The number of nitrogens with zero attached hydrogens (tertiary/aromatic N) is 2. The van der Waals surface area contributed by atoms with Crippen molar-refractivity contribution in [3.63, 3.8) is 0 Å². The molecule has 0 N–H and O–H groups in total. The Hall–Kier alpha value is -2.61. The molecule has 2 aromatic carbocycles. The van der Waals surface area contributed by atoms with E-state index in [0.29, 0.717) is 0 Å². The third-order valence-corrected chi connectivity index (χ3v) is 3.27. The fourth-order valence-corrected chi connectivity index (χ4v) is 2.17. The third-order valence-electron chi connectivity index (χ3n) is 3.27. The minimum atomic E-state index is 1.01. The molecule has 0 aliphatic rings. The van der Waals surface area contributed by atoms with Crippen LogP contribution in [0.2, 0.25) is 0 Å². The van der Waals surface area contributed by atoms with E-state index in [1.807, 2.05) is 48.7 Å². The van der Waals surface area contributed by atoms with E-state index >= 15 is 0 Å². The molecule has 2 heteroatoms. The number of para-hydroxylation sites is 2. The summed E-state index contributed by atoms with van der Waals surface area (Å²) in [7, 11) is 0. The molecule has 1 heterocycles. The molecule has 0 amide bonds. The minimum Gasteiger partial charge on any atom is -0.316 e. The molecule has 0 saturated carbocycles. The van der Waals surface area contributed by atoms with Crippen LogP contribution in [0.15, 0.2) is 77.9 Å². The Balaban J connectivity index is 1.94. The van der Waals surface area contributed by atoms with Crippen LogP contribution in [0.3, 0.4) is 0 Å². The van der Waals surface area contributed by atoms with Gasteiger partial charge in [-0.2, -0.15) is 0 Å². The summed E-state index contributed by atoms with van der Waals surface area (Å²) >= 11 is 0. The predicted molar refractivity (Wildman–Crippen MR) is 84.2 cm³/mol. The number of rotatable bonds is 3. The molecule has 0 atom stereocenters. The Bertz CT molecular complexity index is 724. The molecular formula is C18H16N2. The maximum absolute atomic E-state index is 4.59. The van der Waals surface area contributed by atoms with Gasteiger partial charge in [0.2, 0.25) is 0 Å². The van der Waals surface area contributed by atoms with E-state index < -0.39 is 0 Å². The molecule has 98 valence electrons. The van der Waals surface area contributed by atoms with Crippen LogP contribution in [0, 0.1) is 6.92 Å². The van der Waals surface area contributed by atoms with Gasteiger partial charge < -0.3 is 4.57 Å². The van der Waals surface area contributed by atoms with Crippen LogP contribution in [0.5, 0.6) is 0 Å². The first-order valence-electron chi connectivity index (χ1n) is 6.67. The molecule has 3 rings (SSSR count). The summed E-state index contributed by atoms with van der Waals surface area (Å²) in [6, 6.07) is 22.5. The molecule has 2 nitrogen and oxygen atoms in total. The van der Waals surface area contributed by atoms with Crippen molar-refractivity contribution in [3.05, 3.63) is 84.2 Å². The van der Waals surface area contributed by atoms with Crippen molar-refractivity contribution in [1.82, 2.24) is 4.57 Å². The number of benzene rings is 2. The van der Waals surface area contributed by atoms with Gasteiger partial charge in [-0.1, -0.05) is 36.4 Å². The highest BCUT2D eigenvalue weighted by Gasteiger charge is 2.00. The van der Waals surface area contributed by atoms with Crippen LogP contribution in [0.25, 0.3) is 5.69 Å². The zero-order valence-corrected chi connectivity index (χ0v) is 11.4. The minimum absolute atomic E-state index is 1.01. The van der Waals surface area contributed by atoms with Crippen molar-refractivity contribution in [3.8, 4) is 5.69 Å². The van der Waals surface area contributed by atoms with E-state index in [1.165, 1.54) is 5.56 Å². The summed E-state index contributed by atoms with van der Waals surface area (Å²) in [5.74, 6) is 0. The van der Waals surface area contributed by atoms with Crippen LogP contribution < -0.4 is 0 Å². The smallest absolute Gasteiger partial charge is 0.0659 e. The number of aryl methyl sites for hydroxylation is 1. The molecule has 0 radical (unpaired) electrons. The van der Waals surface area contributed by atoms with Crippen LogP contribution in [0.4, 0.5) is 5.69 Å². The number of aromatic nitrogens is 1. The first-order valence-corrected chi connectivity index (χ1v) is 6.67.